The topological polar surface area (TPSA) is 142 Å². The summed E-state index contributed by atoms with van der Waals surface area (Å²) in [6.45, 7) is 7.23. The van der Waals surface area contributed by atoms with Gasteiger partial charge in [0.1, 0.15) is 12.1 Å². The van der Waals surface area contributed by atoms with E-state index < -0.39 is 42.1 Å². The number of nitrogens with one attached hydrogen (secondary N) is 2. The Kier molecular flexibility index (Phi) is 32.5. The molecule has 50 heavy (non-hydrogen) atoms. The first kappa shape index (κ1) is 47.8. The molecular weight excluding hydrogens is 632 g/mol. The largest absolute Gasteiger partial charge is 0.480 e. The number of ether oxygens (including phenoxy) is 1. The maximum Gasteiger partial charge on any atom is 0.328 e. The number of unbranched alkanes of at least 4 members (excludes halogenated alkanes) is 24. The van der Waals surface area contributed by atoms with Crippen LogP contribution >= 0.6 is 0 Å². The number of carboxylic acids is 1. The molecule has 0 spiro atoms. The number of aliphatic carboxylic acids is 1. The summed E-state index contributed by atoms with van der Waals surface area (Å²) in [7, 11) is 0. The minimum atomic E-state index is -1.48. The third-order valence-corrected chi connectivity index (χ3v) is 9.64. The van der Waals surface area contributed by atoms with Gasteiger partial charge in [-0.25, -0.2) is 4.79 Å². The van der Waals surface area contributed by atoms with Crippen LogP contribution in [0.2, 0.25) is 0 Å². The van der Waals surface area contributed by atoms with Gasteiger partial charge in [0.25, 0.3) is 0 Å². The van der Waals surface area contributed by atoms with Gasteiger partial charge in [-0.05, 0) is 33.1 Å². The van der Waals surface area contributed by atoms with Crippen LogP contribution in [-0.2, 0) is 23.9 Å². The second-order valence-corrected chi connectivity index (χ2v) is 14.7. The molecule has 0 aromatic carbocycles. The van der Waals surface area contributed by atoms with Crippen LogP contribution in [-0.4, -0.2) is 58.3 Å². The standard InChI is InChI=1S/C41H78N2O7/c1-5-7-9-11-13-15-17-19-21-23-25-27-29-31-36(33-37(45)42-34(3)40(47)43-39(35(4)44)41(48)49)50-38(46)32-30-28-26-24-22-20-18-16-14-12-10-8-6-2/h34-36,39,44H,5-33H2,1-4H3,(H,42,45)(H,43,47)(H,48,49)/t34-,35+,36?,39-/m0/s1. The third-order valence-electron chi connectivity index (χ3n) is 9.64. The molecule has 0 fully saturated rings. The zero-order valence-corrected chi connectivity index (χ0v) is 32.8. The van der Waals surface area contributed by atoms with E-state index in [2.05, 4.69) is 24.5 Å². The first-order valence-electron chi connectivity index (χ1n) is 20.8. The molecule has 0 aromatic heterocycles. The number of hydrogen-bond acceptors (Lipinski definition) is 6. The minimum Gasteiger partial charge on any atom is -0.480 e. The molecule has 0 rings (SSSR count). The highest BCUT2D eigenvalue weighted by atomic mass is 16.5. The van der Waals surface area contributed by atoms with Gasteiger partial charge < -0.3 is 25.6 Å². The molecule has 4 N–H and O–H groups in total. The molecule has 0 aliphatic carbocycles. The van der Waals surface area contributed by atoms with E-state index in [1.165, 1.54) is 142 Å². The zero-order valence-electron chi connectivity index (χ0n) is 32.8. The van der Waals surface area contributed by atoms with E-state index in [1.54, 1.807) is 0 Å². The summed E-state index contributed by atoms with van der Waals surface area (Å²) in [6.07, 6.45) is 31.1. The highest BCUT2D eigenvalue weighted by Gasteiger charge is 2.28. The average Bonchev–Trinajstić information content (AvgIpc) is 3.07. The van der Waals surface area contributed by atoms with Gasteiger partial charge in [0, 0.05) is 6.42 Å². The average molecular weight is 711 g/mol. The lowest BCUT2D eigenvalue weighted by atomic mass is 10.0. The molecule has 0 saturated carbocycles. The smallest absolute Gasteiger partial charge is 0.328 e. The molecule has 4 atom stereocenters. The van der Waals surface area contributed by atoms with Gasteiger partial charge in [0.05, 0.1) is 12.5 Å². The predicted octanol–water partition coefficient (Wildman–Crippen LogP) is 9.71. The van der Waals surface area contributed by atoms with Crippen molar-refractivity contribution in [2.75, 3.05) is 0 Å². The molecule has 0 aliphatic heterocycles. The molecule has 9 heteroatoms. The number of carbonyl (C=O) groups excluding carboxylic acids is 3. The van der Waals surface area contributed by atoms with Crippen LogP contribution in [0.3, 0.4) is 0 Å². The highest BCUT2D eigenvalue weighted by molar-refractivity contribution is 5.90. The normalized spacial score (nSPS) is 13.7. The lowest BCUT2D eigenvalue weighted by Crippen LogP contribution is -2.54. The summed E-state index contributed by atoms with van der Waals surface area (Å²) in [5.74, 6) is -2.79. The molecule has 0 bridgehead atoms. The number of esters is 1. The summed E-state index contributed by atoms with van der Waals surface area (Å²) in [6, 6.07) is -2.49. The van der Waals surface area contributed by atoms with Gasteiger partial charge in [-0.15, -0.1) is 0 Å². The van der Waals surface area contributed by atoms with Gasteiger partial charge in [-0.1, -0.05) is 168 Å². The van der Waals surface area contributed by atoms with Crippen molar-refractivity contribution >= 4 is 23.8 Å². The van der Waals surface area contributed by atoms with Gasteiger partial charge in [-0.3, -0.25) is 14.4 Å². The summed E-state index contributed by atoms with van der Waals surface area (Å²) < 4.78 is 5.79. The molecular formula is C41H78N2O7. The van der Waals surface area contributed by atoms with E-state index in [-0.39, 0.29) is 12.4 Å². The van der Waals surface area contributed by atoms with Crippen molar-refractivity contribution in [1.82, 2.24) is 10.6 Å². The van der Waals surface area contributed by atoms with E-state index in [9.17, 15) is 29.4 Å². The Morgan fingerprint density at radius 2 is 0.940 bits per heavy atom. The Labute approximate surface area is 306 Å². The predicted molar refractivity (Wildman–Crippen MR) is 204 cm³/mol. The van der Waals surface area contributed by atoms with Crippen LogP contribution < -0.4 is 10.6 Å². The van der Waals surface area contributed by atoms with Crippen LogP contribution in [0.5, 0.6) is 0 Å². The Hall–Kier alpha value is -2.16. The Morgan fingerprint density at radius 1 is 0.560 bits per heavy atom. The lowest BCUT2D eigenvalue weighted by Gasteiger charge is -2.22. The number of carboxylic acid groups (broad SMARTS) is 1. The van der Waals surface area contributed by atoms with Crippen molar-refractivity contribution in [3.8, 4) is 0 Å². The van der Waals surface area contributed by atoms with Gasteiger partial charge in [0.2, 0.25) is 11.8 Å². The summed E-state index contributed by atoms with van der Waals surface area (Å²) in [5, 5.41) is 23.7. The number of amides is 2. The van der Waals surface area contributed by atoms with Crippen molar-refractivity contribution in [3.05, 3.63) is 0 Å². The number of carbonyl (C=O) groups is 4. The fourth-order valence-corrected chi connectivity index (χ4v) is 6.36. The Balaban J connectivity index is 4.56. The van der Waals surface area contributed by atoms with Gasteiger partial charge in [0.15, 0.2) is 6.04 Å². The molecule has 9 nitrogen and oxygen atoms in total. The highest BCUT2D eigenvalue weighted by Crippen LogP contribution is 2.17. The van der Waals surface area contributed by atoms with E-state index in [0.717, 1.165) is 38.5 Å². The first-order chi connectivity index (χ1) is 24.1. The molecule has 0 saturated heterocycles. The Bertz CT molecular complexity index is 851. The van der Waals surface area contributed by atoms with Crippen LogP contribution in [0.1, 0.15) is 214 Å². The van der Waals surface area contributed by atoms with Crippen LogP contribution in [0.25, 0.3) is 0 Å². The molecule has 294 valence electrons. The van der Waals surface area contributed by atoms with Crippen molar-refractivity contribution in [2.45, 2.75) is 238 Å². The molecule has 0 heterocycles. The molecule has 2 amide bonds. The number of aliphatic hydroxyl groups excluding tert-OH is 1. The third kappa shape index (κ3) is 29.6. The summed E-state index contributed by atoms with van der Waals surface area (Å²) in [5.41, 5.74) is 0. The quantitative estimate of drug-likeness (QED) is 0.0375. The van der Waals surface area contributed by atoms with E-state index in [4.69, 9.17) is 4.74 Å². The lowest BCUT2D eigenvalue weighted by molar-refractivity contribution is -0.151. The van der Waals surface area contributed by atoms with Crippen molar-refractivity contribution in [1.29, 1.82) is 0 Å². The minimum absolute atomic E-state index is 0.0566. The maximum absolute atomic E-state index is 12.9. The van der Waals surface area contributed by atoms with E-state index >= 15 is 0 Å². The molecule has 0 radical (unpaired) electrons. The van der Waals surface area contributed by atoms with Crippen molar-refractivity contribution < 1.29 is 34.1 Å². The maximum atomic E-state index is 12.9. The van der Waals surface area contributed by atoms with Gasteiger partial charge >= 0.3 is 11.9 Å². The molecule has 0 aliphatic rings. The van der Waals surface area contributed by atoms with Crippen LogP contribution in [0.15, 0.2) is 0 Å². The first-order valence-corrected chi connectivity index (χ1v) is 20.8. The van der Waals surface area contributed by atoms with Gasteiger partial charge in [-0.2, -0.15) is 0 Å². The summed E-state index contributed by atoms with van der Waals surface area (Å²) in [4.78, 5) is 49.4. The van der Waals surface area contributed by atoms with Crippen LogP contribution in [0, 0.1) is 0 Å². The summed E-state index contributed by atoms with van der Waals surface area (Å²) >= 11 is 0. The fourth-order valence-electron chi connectivity index (χ4n) is 6.36. The Morgan fingerprint density at radius 3 is 1.32 bits per heavy atom. The fraction of sp³-hybridized carbons (Fsp3) is 0.902. The van der Waals surface area contributed by atoms with Crippen molar-refractivity contribution in [3.63, 3.8) is 0 Å². The molecule has 1 unspecified atom stereocenters. The second kappa shape index (κ2) is 34.0. The monoisotopic (exact) mass is 711 g/mol. The number of rotatable bonds is 36. The second-order valence-electron chi connectivity index (χ2n) is 14.7. The number of aliphatic hydroxyl groups is 1. The zero-order chi connectivity index (χ0) is 37.2. The number of hydrogen-bond donors (Lipinski definition) is 4. The molecule has 0 aromatic rings. The van der Waals surface area contributed by atoms with E-state index in [0.29, 0.717) is 12.8 Å². The SMILES string of the molecule is CCCCCCCCCCCCCCCC(=O)OC(CCCCCCCCCCCCCCC)CC(=O)N[C@@H](C)C(=O)N[C@H](C(=O)O)[C@@H](C)O. The van der Waals surface area contributed by atoms with Crippen molar-refractivity contribution in [2.24, 2.45) is 0 Å². The van der Waals surface area contributed by atoms with Crippen LogP contribution in [0.4, 0.5) is 0 Å². The van der Waals surface area contributed by atoms with E-state index in [1.807, 2.05) is 0 Å².